The second-order valence-corrected chi connectivity index (χ2v) is 3.93. The Morgan fingerprint density at radius 2 is 2.25 bits per heavy atom. The quantitative estimate of drug-likeness (QED) is 0.848. The summed E-state index contributed by atoms with van der Waals surface area (Å²) in [5.74, 6) is 0.890. The molecule has 0 spiro atoms. The highest BCUT2D eigenvalue weighted by Gasteiger charge is 2.09. The summed E-state index contributed by atoms with van der Waals surface area (Å²) in [6.45, 7) is 4.60. The maximum absolute atomic E-state index is 5.41. The molecule has 2 aromatic rings. The van der Waals surface area contributed by atoms with Crippen LogP contribution in [-0.4, -0.2) is 20.0 Å². The van der Waals surface area contributed by atoms with Crippen LogP contribution in [0.5, 0.6) is 0 Å². The predicted molar refractivity (Wildman–Crippen MR) is 58.9 cm³/mol. The summed E-state index contributed by atoms with van der Waals surface area (Å²) in [7, 11) is 1.88. The van der Waals surface area contributed by atoms with Gasteiger partial charge in [0.1, 0.15) is 0 Å². The lowest BCUT2D eigenvalue weighted by Crippen LogP contribution is -2.01. The number of rotatable bonds is 4. The Kier molecular flexibility index (Phi) is 2.89. The van der Waals surface area contributed by atoms with Crippen molar-refractivity contribution in [3.8, 4) is 0 Å². The van der Waals surface area contributed by atoms with E-state index in [9.17, 15) is 0 Å². The Labute approximate surface area is 93.7 Å². The normalized spacial score (nSPS) is 11.0. The summed E-state index contributed by atoms with van der Waals surface area (Å²) in [6.07, 6.45) is 1.89. The molecule has 0 saturated heterocycles. The molecule has 1 N–H and O–H groups in total. The van der Waals surface area contributed by atoms with Crippen molar-refractivity contribution in [3.63, 3.8) is 0 Å². The minimum Gasteiger partial charge on any atom is -0.408 e. The fourth-order valence-corrected chi connectivity index (χ4v) is 1.26. The topological polar surface area (TPSA) is 68.8 Å². The summed E-state index contributed by atoms with van der Waals surface area (Å²) >= 11 is 0. The average molecular weight is 221 g/mol. The summed E-state index contributed by atoms with van der Waals surface area (Å²) < 4.78 is 7.16. The number of nitrogens with one attached hydrogen (secondary N) is 1. The van der Waals surface area contributed by atoms with Crippen LogP contribution in [0.4, 0.5) is 6.01 Å². The monoisotopic (exact) mass is 221 g/mol. The third-order valence-electron chi connectivity index (χ3n) is 2.12. The molecule has 2 aromatic heterocycles. The largest absolute Gasteiger partial charge is 0.408 e. The molecular weight excluding hydrogens is 206 g/mol. The average Bonchev–Trinajstić information content (AvgIpc) is 2.83. The molecule has 0 aliphatic carbocycles. The van der Waals surface area contributed by atoms with Crippen LogP contribution in [0.15, 0.2) is 16.7 Å². The van der Waals surface area contributed by atoms with Crippen LogP contribution in [-0.2, 0) is 13.6 Å². The molecule has 2 rings (SSSR count). The van der Waals surface area contributed by atoms with Crippen molar-refractivity contribution >= 4 is 6.01 Å². The van der Waals surface area contributed by atoms with E-state index in [0.717, 1.165) is 5.69 Å². The fraction of sp³-hybridized carbons (Fsp3) is 0.500. The van der Waals surface area contributed by atoms with E-state index >= 15 is 0 Å². The summed E-state index contributed by atoms with van der Waals surface area (Å²) in [4.78, 5) is 0. The zero-order valence-electron chi connectivity index (χ0n) is 9.64. The molecule has 0 bridgehead atoms. The Balaban J connectivity index is 1.94. The second kappa shape index (κ2) is 4.34. The van der Waals surface area contributed by atoms with E-state index < -0.39 is 0 Å². The second-order valence-electron chi connectivity index (χ2n) is 3.93. The van der Waals surface area contributed by atoms with Gasteiger partial charge in [0.05, 0.1) is 12.2 Å². The van der Waals surface area contributed by atoms with Crippen LogP contribution in [0.3, 0.4) is 0 Å². The highest BCUT2D eigenvalue weighted by Crippen LogP contribution is 2.14. The van der Waals surface area contributed by atoms with E-state index in [1.807, 2.05) is 33.2 Å². The number of anilines is 1. The minimum atomic E-state index is 0.248. The standard InChI is InChI=1S/C10H15N5O/c1-7(2)9-12-13-10(16-9)11-6-8-4-5-15(3)14-8/h4-5,7H,6H2,1-3H3,(H,11,13). The van der Waals surface area contributed by atoms with Crippen LogP contribution in [0, 0.1) is 0 Å². The summed E-state index contributed by atoms with van der Waals surface area (Å²) in [5.41, 5.74) is 0.937. The third-order valence-corrected chi connectivity index (χ3v) is 2.12. The SMILES string of the molecule is CC(C)c1nnc(NCc2ccn(C)n2)o1. The smallest absolute Gasteiger partial charge is 0.315 e. The molecule has 0 aliphatic rings. The molecule has 0 saturated carbocycles. The maximum atomic E-state index is 5.41. The highest BCUT2D eigenvalue weighted by atomic mass is 16.4. The molecule has 0 aromatic carbocycles. The Hall–Kier alpha value is -1.85. The lowest BCUT2D eigenvalue weighted by atomic mass is 10.2. The summed E-state index contributed by atoms with van der Waals surface area (Å²) in [6, 6.07) is 2.38. The molecular formula is C10H15N5O. The van der Waals surface area contributed by atoms with E-state index in [1.54, 1.807) is 4.68 Å². The van der Waals surface area contributed by atoms with Gasteiger partial charge < -0.3 is 9.73 Å². The molecule has 0 fully saturated rings. The van der Waals surface area contributed by atoms with Crippen LogP contribution < -0.4 is 5.32 Å². The predicted octanol–water partition coefficient (Wildman–Crippen LogP) is 1.54. The van der Waals surface area contributed by atoms with Crippen LogP contribution in [0.25, 0.3) is 0 Å². The first-order valence-corrected chi connectivity index (χ1v) is 5.21. The Morgan fingerprint density at radius 3 is 2.81 bits per heavy atom. The first-order valence-electron chi connectivity index (χ1n) is 5.21. The van der Waals surface area contributed by atoms with Gasteiger partial charge in [-0.1, -0.05) is 18.9 Å². The highest BCUT2D eigenvalue weighted by molar-refractivity contribution is 5.19. The number of nitrogens with zero attached hydrogens (tertiary/aromatic N) is 4. The third kappa shape index (κ3) is 2.39. The van der Waals surface area contributed by atoms with Crippen molar-refractivity contribution in [3.05, 3.63) is 23.8 Å². The van der Waals surface area contributed by atoms with Gasteiger partial charge in [-0.05, 0) is 6.07 Å². The number of aromatic nitrogens is 4. The number of hydrogen-bond acceptors (Lipinski definition) is 5. The van der Waals surface area contributed by atoms with Crippen molar-refractivity contribution in [2.45, 2.75) is 26.3 Å². The van der Waals surface area contributed by atoms with Crippen molar-refractivity contribution in [2.75, 3.05) is 5.32 Å². The maximum Gasteiger partial charge on any atom is 0.315 e. The van der Waals surface area contributed by atoms with Gasteiger partial charge in [-0.15, -0.1) is 5.10 Å². The lowest BCUT2D eigenvalue weighted by Gasteiger charge is -1.97. The van der Waals surface area contributed by atoms with Gasteiger partial charge in [-0.25, -0.2) is 0 Å². The van der Waals surface area contributed by atoms with Crippen LogP contribution in [0.2, 0.25) is 0 Å². The Bertz CT molecular complexity index is 459. The van der Waals surface area contributed by atoms with Crippen molar-refractivity contribution in [2.24, 2.45) is 7.05 Å². The first kappa shape index (κ1) is 10.7. The van der Waals surface area contributed by atoms with Crippen molar-refractivity contribution < 1.29 is 4.42 Å². The van der Waals surface area contributed by atoms with E-state index in [0.29, 0.717) is 18.5 Å². The summed E-state index contributed by atoms with van der Waals surface area (Å²) in [5, 5.41) is 15.1. The van der Waals surface area contributed by atoms with Gasteiger partial charge in [-0.2, -0.15) is 5.10 Å². The number of aryl methyl sites for hydroxylation is 1. The number of hydrogen-bond donors (Lipinski definition) is 1. The van der Waals surface area contributed by atoms with Crippen LogP contribution >= 0.6 is 0 Å². The molecule has 6 nitrogen and oxygen atoms in total. The molecule has 6 heteroatoms. The van der Waals surface area contributed by atoms with E-state index in [2.05, 4.69) is 20.6 Å². The zero-order valence-corrected chi connectivity index (χ0v) is 9.64. The van der Waals surface area contributed by atoms with Gasteiger partial charge >= 0.3 is 6.01 Å². The fourth-order valence-electron chi connectivity index (χ4n) is 1.26. The van der Waals surface area contributed by atoms with E-state index in [-0.39, 0.29) is 5.92 Å². The lowest BCUT2D eigenvalue weighted by molar-refractivity contribution is 0.480. The van der Waals surface area contributed by atoms with Gasteiger partial charge in [0.2, 0.25) is 5.89 Å². The van der Waals surface area contributed by atoms with E-state index in [4.69, 9.17) is 4.42 Å². The zero-order chi connectivity index (χ0) is 11.5. The first-order chi connectivity index (χ1) is 7.65. The molecule has 0 radical (unpaired) electrons. The van der Waals surface area contributed by atoms with Crippen molar-refractivity contribution in [1.29, 1.82) is 0 Å². The van der Waals surface area contributed by atoms with Crippen molar-refractivity contribution in [1.82, 2.24) is 20.0 Å². The molecule has 86 valence electrons. The van der Waals surface area contributed by atoms with Gasteiger partial charge in [-0.3, -0.25) is 4.68 Å². The van der Waals surface area contributed by atoms with Crippen LogP contribution in [0.1, 0.15) is 31.4 Å². The van der Waals surface area contributed by atoms with E-state index in [1.165, 1.54) is 0 Å². The molecule has 0 atom stereocenters. The van der Waals surface area contributed by atoms with Gasteiger partial charge in [0.25, 0.3) is 0 Å². The molecule has 0 aliphatic heterocycles. The molecule has 0 unspecified atom stereocenters. The minimum absolute atomic E-state index is 0.248. The van der Waals surface area contributed by atoms with Gasteiger partial charge in [0.15, 0.2) is 0 Å². The Morgan fingerprint density at radius 1 is 1.44 bits per heavy atom. The van der Waals surface area contributed by atoms with Gasteiger partial charge in [0, 0.05) is 19.2 Å². The molecule has 2 heterocycles. The molecule has 0 amide bonds. The molecule has 16 heavy (non-hydrogen) atoms.